The summed E-state index contributed by atoms with van der Waals surface area (Å²) in [7, 11) is 1.60. The van der Waals surface area contributed by atoms with Gasteiger partial charge in [0.05, 0.1) is 17.8 Å². The van der Waals surface area contributed by atoms with Crippen molar-refractivity contribution in [3.05, 3.63) is 39.8 Å². The highest BCUT2D eigenvalue weighted by molar-refractivity contribution is 6.32. The van der Waals surface area contributed by atoms with Crippen molar-refractivity contribution in [2.75, 3.05) is 7.11 Å². The fraction of sp³-hybridized carbons (Fsp3) is 0.333. The molecule has 0 amide bonds. The predicted octanol–water partition coefficient (Wildman–Crippen LogP) is 4.64. The highest BCUT2D eigenvalue weighted by Crippen LogP contribution is 2.40. The fourth-order valence-corrected chi connectivity index (χ4v) is 2.49. The fourth-order valence-electron chi connectivity index (χ4n) is 2.12. The van der Waals surface area contributed by atoms with E-state index in [9.17, 15) is 0 Å². The van der Waals surface area contributed by atoms with Gasteiger partial charge in [0, 0.05) is 17.0 Å². The molecule has 0 saturated heterocycles. The van der Waals surface area contributed by atoms with Gasteiger partial charge in [0.1, 0.15) is 16.7 Å². The van der Waals surface area contributed by atoms with Crippen LogP contribution in [-0.4, -0.2) is 17.1 Å². The SMILES string of the molecule is COc1cc(-c2nc(C3CC3)nc(Cl)c2C)ccc1Cl. The van der Waals surface area contributed by atoms with E-state index in [0.29, 0.717) is 21.8 Å². The number of hydrogen-bond donors (Lipinski definition) is 0. The van der Waals surface area contributed by atoms with Crippen molar-refractivity contribution < 1.29 is 4.74 Å². The zero-order valence-corrected chi connectivity index (χ0v) is 12.8. The molecule has 0 bridgehead atoms. The van der Waals surface area contributed by atoms with E-state index < -0.39 is 0 Å². The maximum absolute atomic E-state index is 6.24. The third-order valence-corrected chi connectivity index (χ3v) is 4.15. The topological polar surface area (TPSA) is 35.0 Å². The second kappa shape index (κ2) is 5.23. The molecule has 1 aromatic carbocycles. The first-order valence-corrected chi connectivity index (χ1v) is 7.23. The molecule has 1 fully saturated rings. The second-order valence-electron chi connectivity index (χ2n) is 4.97. The molecule has 0 radical (unpaired) electrons. The van der Waals surface area contributed by atoms with Gasteiger partial charge in [0.2, 0.25) is 0 Å². The van der Waals surface area contributed by atoms with Gasteiger partial charge in [-0.2, -0.15) is 0 Å². The lowest BCUT2D eigenvalue weighted by Crippen LogP contribution is -1.99. The van der Waals surface area contributed by atoms with Gasteiger partial charge < -0.3 is 4.74 Å². The van der Waals surface area contributed by atoms with Gasteiger partial charge in [0.25, 0.3) is 0 Å². The molecular weight excluding hydrogens is 295 g/mol. The third-order valence-electron chi connectivity index (χ3n) is 3.47. The van der Waals surface area contributed by atoms with Crippen LogP contribution >= 0.6 is 23.2 Å². The van der Waals surface area contributed by atoms with Crippen LogP contribution in [0.4, 0.5) is 0 Å². The van der Waals surface area contributed by atoms with Crippen molar-refractivity contribution in [1.82, 2.24) is 9.97 Å². The Hall–Kier alpha value is -1.32. The van der Waals surface area contributed by atoms with Gasteiger partial charge in [-0.15, -0.1) is 0 Å². The highest BCUT2D eigenvalue weighted by atomic mass is 35.5. The number of nitrogens with zero attached hydrogens (tertiary/aromatic N) is 2. The minimum absolute atomic E-state index is 0.459. The Bertz CT molecular complexity index is 669. The smallest absolute Gasteiger partial charge is 0.138 e. The number of ether oxygens (including phenoxy) is 1. The lowest BCUT2D eigenvalue weighted by atomic mass is 10.1. The first kappa shape index (κ1) is 13.7. The predicted molar refractivity (Wildman–Crippen MR) is 80.8 cm³/mol. The molecule has 0 atom stereocenters. The molecular formula is C15H14Cl2N2O. The molecule has 2 aromatic rings. The van der Waals surface area contributed by atoms with Crippen molar-refractivity contribution >= 4 is 23.2 Å². The van der Waals surface area contributed by atoms with E-state index in [0.717, 1.165) is 35.5 Å². The second-order valence-corrected chi connectivity index (χ2v) is 5.74. The van der Waals surface area contributed by atoms with Crippen LogP contribution < -0.4 is 4.74 Å². The van der Waals surface area contributed by atoms with Crippen LogP contribution in [0.3, 0.4) is 0 Å². The highest BCUT2D eigenvalue weighted by Gasteiger charge is 2.28. The van der Waals surface area contributed by atoms with E-state index in [1.54, 1.807) is 7.11 Å². The first-order chi connectivity index (χ1) is 9.60. The molecule has 1 heterocycles. The van der Waals surface area contributed by atoms with Crippen LogP contribution in [0.25, 0.3) is 11.3 Å². The van der Waals surface area contributed by atoms with Gasteiger partial charge in [-0.3, -0.25) is 0 Å². The van der Waals surface area contributed by atoms with E-state index in [2.05, 4.69) is 9.97 Å². The lowest BCUT2D eigenvalue weighted by Gasteiger charge is -2.11. The quantitative estimate of drug-likeness (QED) is 0.774. The molecule has 3 nitrogen and oxygen atoms in total. The van der Waals surface area contributed by atoms with Gasteiger partial charge in [-0.1, -0.05) is 29.3 Å². The summed E-state index contributed by atoms with van der Waals surface area (Å²) in [5.41, 5.74) is 2.66. The van der Waals surface area contributed by atoms with Crippen molar-refractivity contribution in [2.45, 2.75) is 25.7 Å². The van der Waals surface area contributed by atoms with Gasteiger partial charge in [-0.25, -0.2) is 9.97 Å². The molecule has 1 saturated carbocycles. The van der Waals surface area contributed by atoms with Crippen molar-refractivity contribution in [1.29, 1.82) is 0 Å². The van der Waals surface area contributed by atoms with Crippen LogP contribution in [0, 0.1) is 6.92 Å². The molecule has 1 aliphatic rings. The largest absolute Gasteiger partial charge is 0.495 e. The van der Waals surface area contributed by atoms with Gasteiger partial charge >= 0.3 is 0 Å². The lowest BCUT2D eigenvalue weighted by molar-refractivity contribution is 0.415. The molecule has 5 heteroatoms. The average Bonchev–Trinajstić information content (AvgIpc) is 3.27. The molecule has 104 valence electrons. The van der Waals surface area contributed by atoms with Crippen molar-refractivity contribution in [2.24, 2.45) is 0 Å². The molecule has 20 heavy (non-hydrogen) atoms. The first-order valence-electron chi connectivity index (χ1n) is 6.48. The Labute approximate surface area is 127 Å². The van der Waals surface area contributed by atoms with Crippen molar-refractivity contribution in [3.63, 3.8) is 0 Å². The molecule has 1 aromatic heterocycles. The number of benzene rings is 1. The van der Waals surface area contributed by atoms with Crippen LogP contribution in [0.15, 0.2) is 18.2 Å². The normalized spacial score (nSPS) is 14.4. The van der Waals surface area contributed by atoms with E-state index >= 15 is 0 Å². The number of aromatic nitrogens is 2. The molecule has 0 N–H and O–H groups in total. The Kier molecular flexibility index (Phi) is 3.57. The van der Waals surface area contributed by atoms with Crippen molar-refractivity contribution in [3.8, 4) is 17.0 Å². The Balaban J connectivity index is 2.13. The molecule has 0 aliphatic heterocycles. The molecule has 1 aliphatic carbocycles. The maximum Gasteiger partial charge on any atom is 0.138 e. The zero-order valence-electron chi connectivity index (χ0n) is 11.3. The standard InChI is InChI=1S/C15H14Cl2N2O/c1-8-13(10-5-6-11(16)12(7-10)20-2)18-15(9-3-4-9)19-14(8)17/h5-7,9H,3-4H2,1-2H3. The summed E-state index contributed by atoms with van der Waals surface area (Å²) in [6, 6.07) is 5.61. The summed E-state index contributed by atoms with van der Waals surface area (Å²) >= 11 is 12.3. The van der Waals surface area contributed by atoms with Gasteiger partial charge in [-0.05, 0) is 31.9 Å². The minimum atomic E-state index is 0.459. The van der Waals surface area contributed by atoms with Crippen LogP contribution in [0.2, 0.25) is 10.2 Å². The van der Waals surface area contributed by atoms with E-state index in [1.165, 1.54) is 0 Å². The number of methoxy groups -OCH3 is 1. The van der Waals surface area contributed by atoms with E-state index in [4.69, 9.17) is 27.9 Å². The number of halogens is 2. The Morgan fingerprint density at radius 1 is 1.20 bits per heavy atom. The zero-order chi connectivity index (χ0) is 14.3. The Morgan fingerprint density at radius 2 is 1.95 bits per heavy atom. The van der Waals surface area contributed by atoms with E-state index in [1.807, 2.05) is 25.1 Å². The summed E-state index contributed by atoms with van der Waals surface area (Å²) < 4.78 is 5.26. The summed E-state index contributed by atoms with van der Waals surface area (Å²) in [4.78, 5) is 9.05. The number of rotatable bonds is 3. The van der Waals surface area contributed by atoms with E-state index in [-0.39, 0.29) is 0 Å². The van der Waals surface area contributed by atoms with Gasteiger partial charge in [0.15, 0.2) is 0 Å². The summed E-state index contributed by atoms with van der Waals surface area (Å²) in [5.74, 6) is 1.93. The minimum Gasteiger partial charge on any atom is -0.495 e. The summed E-state index contributed by atoms with van der Waals surface area (Å²) in [5, 5.41) is 1.10. The monoisotopic (exact) mass is 308 g/mol. The van der Waals surface area contributed by atoms with Crippen LogP contribution in [-0.2, 0) is 0 Å². The maximum atomic E-state index is 6.24. The summed E-state index contributed by atoms with van der Waals surface area (Å²) in [6.45, 7) is 1.93. The summed E-state index contributed by atoms with van der Waals surface area (Å²) in [6.07, 6.45) is 2.28. The molecule has 0 spiro atoms. The average molecular weight is 309 g/mol. The molecule has 0 unspecified atom stereocenters. The van der Waals surface area contributed by atoms with Crippen LogP contribution in [0.5, 0.6) is 5.75 Å². The Morgan fingerprint density at radius 3 is 2.60 bits per heavy atom. The third kappa shape index (κ3) is 2.48. The van der Waals surface area contributed by atoms with Crippen LogP contribution in [0.1, 0.15) is 30.1 Å². The number of hydrogen-bond acceptors (Lipinski definition) is 3. The molecule has 3 rings (SSSR count).